The van der Waals surface area contributed by atoms with Gasteiger partial charge in [0.15, 0.2) is 11.5 Å². The van der Waals surface area contributed by atoms with E-state index in [9.17, 15) is 0 Å². The van der Waals surface area contributed by atoms with Gasteiger partial charge in [-0.05, 0) is 48.8 Å². The molecule has 162 valence electrons. The van der Waals surface area contributed by atoms with Crippen molar-refractivity contribution in [1.82, 2.24) is 0 Å². The van der Waals surface area contributed by atoms with Gasteiger partial charge in [-0.1, -0.05) is 26.0 Å². The summed E-state index contributed by atoms with van der Waals surface area (Å²) in [6.07, 6.45) is 5.63. The van der Waals surface area contributed by atoms with Gasteiger partial charge in [-0.15, -0.1) is 0 Å². The average Bonchev–Trinajstić information content (AvgIpc) is 2.77. The second-order valence-electron chi connectivity index (χ2n) is 6.82. The van der Waals surface area contributed by atoms with Crippen LogP contribution in [0.1, 0.15) is 26.7 Å². The van der Waals surface area contributed by atoms with Gasteiger partial charge in [0.05, 0.1) is 32.7 Å². The summed E-state index contributed by atoms with van der Waals surface area (Å²) in [6.45, 7) is 4.14. The molecule has 0 aromatic heterocycles. The van der Waals surface area contributed by atoms with Gasteiger partial charge in [0.25, 0.3) is 0 Å². The van der Waals surface area contributed by atoms with E-state index < -0.39 is 0 Å². The van der Waals surface area contributed by atoms with Crippen LogP contribution in [0.4, 0.5) is 11.4 Å². The van der Waals surface area contributed by atoms with Crippen molar-refractivity contribution < 1.29 is 14.2 Å². The lowest BCUT2D eigenvalue weighted by Gasteiger charge is -2.27. The number of hydrogen-bond acceptors (Lipinski definition) is 6. The summed E-state index contributed by atoms with van der Waals surface area (Å²) in [5, 5.41) is 0. The number of ether oxygens (including phenoxy) is 3. The number of nitrogens with two attached hydrogens (primary N) is 2. The number of anilines is 2. The highest BCUT2D eigenvalue weighted by atomic mass is 16.5. The van der Waals surface area contributed by atoms with E-state index >= 15 is 0 Å². The zero-order chi connectivity index (χ0) is 22.3. The van der Waals surface area contributed by atoms with Crippen LogP contribution in [0.15, 0.2) is 53.9 Å². The Bertz CT molecular complexity index is 910. The van der Waals surface area contributed by atoms with E-state index in [1.54, 1.807) is 21.3 Å². The monoisotopic (exact) mass is 411 g/mol. The zero-order valence-electron chi connectivity index (χ0n) is 18.8. The quantitative estimate of drug-likeness (QED) is 0.449. The molecular formula is C24H33N3O3. The second-order valence-corrected chi connectivity index (χ2v) is 6.82. The Morgan fingerprint density at radius 2 is 1.60 bits per heavy atom. The molecule has 0 radical (unpaired) electrons. The highest BCUT2D eigenvalue weighted by Gasteiger charge is 2.19. The largest absolute Gasteiger partial charge is 0.493 e. The van der Waals surface area contributed by atoms with Gasteiger partial charge < -0.3 is 30.6 Å². The molecule has 0 saturated heterocycles. The van der Waals surface area contributed by atoms with E-state index in [4.69, 9.17) is 25.7 Å². The summed E-state index contributed by atoms with van der Waals surface area (Å²) in [7, 11) is 6.82. The molecule has 0 amide bonds. The van der Waals surface area contributed by atoms with Crippen LogP contribution >= 0.6 is 0 Å². The second kappa shape index (κ2) is 10.5. The van der Waals surface area contributed by atoms with E-state index in [0.717, 1.165) is 41.1 Å². The Balaban J connectivity index is 2.67. The molecule has 2 aromatic rings. The van der Waals surface area contributed by atoms with E-state index in [0.29, 0.717) is 22.9 Å². The first-order valence-corrected chi connectivity index (χ1v) is 9.99. The van der Waals surface area contributed by atoms with E-state index in [1.165, 1.54) is 0 Å². The van der Waals surface area contributed by atoms with Crippen LogP contribution in [-0.4, -0.2) is 28.4 Å². The Labute approximate surface area is 179 Å². The van der Waals surface area contributed by atoms with Crippen molar-refractivity contribution in [2.45, 2.75) is 26.7 Å². The minimum absolute atomic E-state index is 0.553. The predicted octanol–water partition coefficient (Wildman–Crippen LogP) is 4.94. The molecule has 4 N–H and O–H groups in total. The maximum Gasteiger partial charge on any atom is 0.203 e. The van der Waals surface area contributed by atoms with Crippen molar-refractivity contribution in [3.8, 4) is 28.4 Å². The molecule has 0 fully saturated rings. The highest BCUT2D eigenvalue weighted by molar-refractivity contribution is 5.89. The maximum atomic E-state index is 6.44. The summed E-state index contributed by atoms with van der Waals surface area (Å²) < 4.78 is 16.5. The van der Waals surface area contributed by atoms with Crippen molar-refractivity contribution in [1.29, 1.82) is 0 Å². The SMILES string of the molecule is CC/C(N)=C\C=C(/CC)N(C)c1c(N)cccc1-c1cc(OC)c(OC)c(OC)c1. The molecule has 0 atom stereocenters. The fourth-order valence-corrected chi connectivity index (χ4v) is 3.34. The number of nitrogens with zero attached hydrogens (tertiary/aromatic N) is 1. The molecule has 2 rings (SSSR count). The number of rotatable bonds is 9. The number of benzene rings is 2. The van der Waals surface area contributed by atoms with Crippen LogP contribution in [0.3, 0.4) is 0 Å². The average molecular weight is 412 g/mol. The summed E-state index contributed by atoms with van der Waals surface area (Å²) in [6, 6.07) is 9.73. The smallest absolute Gasteiger partial charge is 0.203 e. The molecule has 0 heterocycles. The van der Waals surface area contributed by atoms with Crippen LogP contribution in [0.5, 0.6) is 17.2 Å². The normalized spacial score (nSPS) is 11.9. The van der Waals surface area contributed by atoms with Crippen molar-refractivity contribution in [3.63, 3.8) is 0 Å². The van der Waals surface area contributed by atoms with E-state index in [1.807, 2.05) is 56.5 Å². The minimum atomic E-state index is 0.553. The molecule has 0 unspecified atom stereocenters. The highest BCUT2D eigenvalue weighted by Crippen LogP contribution is 2.44. The minimum Gasteiger partial charge on any atom is -0.493 e. The first-order valence-electron chi connectivity index (χ1n) is 9.99. The van der Waals surface area contributed by atoms with Gasteiger partial charge in [-0.3, -0.25) is 0 Å². The molecule has 6 nitrogen and oxygen atoms in total. The number of nitrogen functional groups attached to an aromatic ring is 1. The van der Waals surface area contributed by atoms with Gasteiger partial charge in [-0.25, -0.2) is 0 Å². The Morgan fingerprint density at radius 3 is 2.10 bits per heavy atom. The zero-order valence-corrected chi connectivity index (χ0v) is 18.8. The van der Waals surface area contributed by atoms with Crippen molar-refractivity contribution in [2.75, 3.05) is 39.0 Å². The molecule has 0 spiro atoms. The van der Waals surface area contributed by atoms with Gasteiger partial charge in [0, 0.05) is 24.0 Å². The van der Waals surface area contributed by atoms with Gasteiger partial charge in [-0.2, -0.15) is 0 Å². The number of hydrogen-bond donors (Lipinski definition) is 2. The van der Waals surface area contributed by atoms with Crippen LogP contribution in [0.25, 0.3) is 11.1 Å². The summed E-state index contributed by atoms with van der Waals surface area (Å²) in [4.78, 5) is 2.10. The molecule has 0 saturated carbocycles. The standard InChI is InChI=1S/C24H33N3O3/c1-7-17(25)12-13-18(8-2)27(3)23-19(10-9-11-20(23)26)16-14-21(28-4)24(30-6)22(15-16)29-5/h9-15H,7-8,25-26H2,1-6H3/b17-12+,18-13+. The lowest BCUT2D eigenvalue weighted by atomic mass is 10.00. The number of methoxy groups -OCH3 is 3. The first kappa shape index (κ1) is 23.0. The van der Waals surface area contributed by atoms with Crippen LogP contribution in [-0.2, 0) is 0 Å². The Kier molecular flexibility index (Phi) is 8.04. The van der Waals surface area contributed by atoms with Gasteiger partial charge >= 0.3 is 0 Å². The lowest BCUT2D eigenvalue weighted by Crippen LogP contribution is -2.18. The Morgan fingerprint density at radius 1 is 0.967 bits per heavy atom. The third kappa shape index (κ3) is 4.82. The van der Waals surface area contributed by atoms with Crippen molar-refractivity contribution in [3.05, 3.63) is 53.9 Å². The van der Waals surface area contributed by atoms with Gasteiger partial charge in [0.2, 0.25) is 5.75 Å². The molecule has 6 heteroatoms. The summed E-state index contributed by atoms with van der Waals surface area (Å²) in [5.74, 6) is 1.73. The summed E-state index contributed by atoms with van der Waals surface area (Å²) >= 11 is 0. The molecular weight excluding hydrogens is 378 g/mol. The van der Waals surface area contributed by atoms with E-state index in [2.05, 4.69) is 11.8 Å². The lowest BCUT2D eigenvalue weighted by molar-refractivity contribution is 0.324. The fourth-order valence-electron chi connectivity index (χ4n) is 3.34. The Hall–Kier alpha value is -3.28. The topological polar surface area (TPSA) is 83.0 Å². The molecule has 0 aliphatic rings. The maximum absolute atomic E-state index is 6.44. The third-order valence-electron chi connectivity index (χ3n) is 5.07. The first-order chi connectivity index (χ1) is 14.4. The third-order valence-corrected chi connectivity index (χ3v) is 5.07. The molecule has 0 aliphatic carbocycles. The van der Waals surface area contributed by atoms with Crippen LogP contribution < -0.4 is 30.6 Å². The predicted molar refractivity (Wildman–Crippen MR) is 125 cm³/mol. The van der Waals surface area contributed by atoms with Crippen molar-refractivity contribution in [2.24, 2.45) is 5.73 Å². The fraction of sp³-hybridized carbons (Fsp3) is 0.333. The molecule has 2 aromatic carbocycles. The van der Waals surface area contributed by atoms with E-state index in [-0.39, 0.29) is 0 Å². The van der Waals surface area contributed by atoms with Gasteiger partial charge in [0.1, 0.15) is 0 Å². The van der Waals surface area contributed by atoms with Crippen molar-refractivity contribution >= 4 is 11.4 Å². The number of allylic oxidation sites excluding steroid dienone is 4. The van der Waals surface area contributed by atoms with Crippen LogP contribution in [0.2, 0.25) is 0 Å². The summed E-state index contributed by atoms with van der Waals surface area (Å²) in [5.41, 5.74) is 17.8. The molecule has 0 bridgehead atoms. The number of para-hydroxylation sites is 1. The molecule has 30 heavy (non-hydrogen) atoms. The molecule has 0 aliphatic heterocycles. The van der Waals surface area contributed by atoms with Crippen LogP contribution in [0, 0.1) is 0 Å².